The second-order valence-electron chi connectivity index (χ2n) is 26.7. The molecule has 48 nitrogen and oxygen atoms in total. The first-order valence-electron chi connectivity index (χ1n) is 33.7. The summed E-state index contributed by atoms with van der Waals surface area (Å²) in [5, 5.41) is 301. The molecule has 0 bridgehead atoms. The fraction of sp³-hybridized carbons (Fsp3) is 0.966. The van der Waals surface area contributed by atoms with Gasteiger partial charge in [-0.2, -0.15) is 0 Å². The summed E-state index contributed by atoms with van der Waals surface area (Å²) in [4.78, 5) is 25.0. The highest BCUT2D eigenvalue weighted by atomic mass is 16.8. The summed E-state index contributed by atoms with van der Waals surface area (Å²) < 4.78 is 98.9. The zero-order valence-corrected chi connectivity index (χ0v) is 56.2. The third-order valence-electron chi connectivity index (χ3n) is 19.5. The van der Waals surface area contributed by atoms with E-state index in [1.54, 1.807) is 0 Å². The summed E-state index contributed by atoms with van der Waals surface area (Å²) >= 11 is 0. The summed E-state index contributed by atoms with van der Waals surface area (Å²) in [7, 11) is 0. The van der Waals surface area contributed by atoms with Crippen LogP contribution in [0.5, 0.6) is 0 Å². The van der Waals surface area contributed by atoms with Gasteiger partial charge in [-0.3, -0.25) is 9.59 Å². The van der Waals surface area contributed by atoms with Gasteiger partial charge < -0.3 is 229 Å². The molecule has 9 fully saturated rings. The Kier molecular flexibility index (Phi) is 31.1. The number of rotatable bonds is 27. The van der Waals surface area contributed by atoms with E-state index in [4.69, 9.17) is 80.5 Å². The van der Waals surface area contributed by atoms with E-state index in [9.17, 15) is 147 Å². The molecule has 48 heteroatoms. The minimum atomic E-state index is -2.55. The van der Waals surface area contributed by atoms with Crippen molar-refractivity contribution in [2.24, 2.45) is 0 Å². The van der Waals surface area contributed by atoms with Gasteiger partial charge >= 0.3 is 0 Å². The molecule has 1 unspecified atom stereocenters. The van der Waals surface area contributed by atoms with Gasteiger partial charge in [0, 0.05) is 13.8 Å². The number of aliphatic hydroxyl groups is 27. The standard InChI is InChI=1S/C58H98N2O46/c1-12(68)59-23-32(77)44(19(8-66)92-50(23)89)101-51-24(60-13(2)69)33(78)45(20(9-67)98-51)102-56-43(88)47(104-58-49(38(83)29(74)18(7-65)97-58)106-55-41(86)36(81)27(72)16(5-63)95-55)31(76)22(100-56)11-91-53-42(87)46(30(75)21(99-53)10-90-52-39(84)34(79)25(70)14(3-61)93-52)103-57-48(37(82)28(73)17(6-64)96-57)105-54-40(85)35(80)26(71)15(4-62)94-54/h14-58,61-67,70-89H,3-11H2,1-2H3,(H,59,68)(H,60,69)/t14-,15-,16-,17-,18-,19-,20-,21-,22-,23-,24-,25-,26-,27-,28-,29-,30-,31-,32-,33-,34+,35+,36+,37+,38+,39+,40+,41-,42+,43+,44-,45-,46+,47+,48+,49+,50?,51+,52+,53+,54-,55-,56+,57-,58-/m1/s1. The lowest BCUT2D eigenvalue weighted by Crippen LogP contribution is -2.70. The Bertz CT molecular complexity index is 2710. The molecule has 29 N–H and O–H groups in total. The van der Waals surface area contributed by atoms with Crippen molar-refractivity contribution in [2.45, 2.75) is 290 Å². The zero-order chi connectivity index (χ0) is 77.9. The normalized spacial score (nSPS) is 51.2. The molecule has 0 aromatic heterocycles. The van der Waals surface area contributed by atoms with Crippen molar-refractivity contribution in [3.05, 3.63) is 0 Å². The van der Waals surface area contributed by atoms with E-state index in [-0.39, 0.29) is 0 Å². The number of aliphatic hydroxyl groups excluding tert-OH is 27. The number of hydrogen-bond acceptors (Lipinski definition) is 46. The number of nitrogens with one attached hydrogen (secondary N) is 2. The van der Waals surface area contributed by atoms with E-state index in [0.29, 0.717) is 0 Å². The summed E-state index contributed by atoms with van der Waals surface area (Å²) in [5.41, 5.74) is 0. The number of hydrogen-bond donors (Lipinski definition) is 29. The van der Waals surface area contributed by atoms with E-state index >= 15 is 0 Å². The van der Waals surface area contributed by atoms with Gasteiger partial charge in [0.25, 0.3) is 0 Å². The molecule has 0 spiro atoms. The van der Waals surface area contributed by atoms with Crippen molar-refractivity contribution < 1.29 is 228 Å². The van der Waals surface area contributed by atoms with Crippen LogP contribution in [-0.4, -0.2) is 485 Å². The van der Waals surface area contributed by atoms with Gasteiger partial charge in [-0.25, -0.2) is 0 Å². The quantitative estimate of drug-likeness (QED) is 0.0363. The summed E-state index contributed by atoms with van der Waals surface area (Å²) in [6.07, 6.45) is -90.8. The first kappa shape index (κ1) is 87.2. The van der Waals surface area contributed by atoms with Crippen molar-refractivity contribution in [1.29, 1.82) is 0 Å². The Morgan fingerprint density at radius 3 is 0.906 bits per heavy atom. The molecule has 0 saturated carbocycles. The van der Waals surface area contributed by atoms with E-state index in [0.717, 1.165) is 13.8 Å². The van der Waals surface area contributed by atoms with Crippen LogP contribution >= 0.6 is 0 Å². The fourth-order valence-electron chi connectivity index (χ4n) is 13.5. The number of carbonyl (C=O) groups is 2. The minimum Gasteiger partial charge on any atom is -0.394 e. The molecule has 0 aliphatic carbocycles. The Morgan fingerprint density at radius 2 is 0.509 bits per heavy atom. The van der Waals surface area contributed by atoms with Crippen molar-refractivity contribution in [3.8, 4) is 0 Å². The minimum absolute atomic E-state index is 0.785. The third-order valence-corrected chi connectivity index (χ3v) is 19.5. The average molecular weight is 1560 g/mol. The Hall–Kier alpha value is -2.82. The summed E-state index contributed by atoms with van der Waals surface area (Å²) in [5.74, 6) is -1.72. The lowest BCUT2D eigenvalue weighted by atomic mass is 9.94. The van der Waals surface area contributed by atoms with E-state index < -0.39 is 348 Å². The number of carbonyl (C=O) groups excluding carboxylic acids is 2. The SMILES string of the molecule is CC(=O)N[C@H]1[C@H](O[C@H]2[C@H](O)[C@@H](NC(C)=O)C(O)O[C@@H]2CO)O[C@H](CO)[C@@H](O[C@@H]2O[C@H](CO[C@H]3O[C@H](CO[C@H]4O[C@H](CO)[C@@H](O)[C@H](O)[C@@H]4O)[C@@H](O)[C@H](O[C@H]4O[C@H](CO)[C@@H](O)[C@H](O)[C@@H]4O[C@H]4O[C@H](CO)[C@@H](O)[C@H](O)[C@@H]4O)[C@@H]3O)[C@@H](O)[C@H](O[C@H]3O[C@H](CO)[C@@H](O)[C@H](O)[C@@H]3O[C@H]3O[C@H](CO)[C@@H](O)[C@H](O)[C@H]3O)[C@@H]2O)[C@@H]1O. The maximum atomic E-state index is 12.9. The molecule has 2 amide bonds. The Morgan fingerprint density at radius 1 is 0.245 bits per heavy atom. The van der Waals surface area contributed by atoms with Crippen LogP contribution in [0.25, 0.3) is 0 Å². The van der Waals surface area contributed by atoms with Crippen LogP contribution < -0.4 is 10.6 Å². The highest BCUT2D eigenvalue weighted by Crippen LogP contribution is 2.39. The van der Waals surface area contributed by atoms with Crippen LogP contribution in [0, 0.1) is 0 Å². The van der Waals surface area contributed by atoms with Gasteiger partial charge in [0.2, 0.25) is 11.8 Å². The first-order valence-corrected chi connectivity index (χ1v) is 33.7. The maximum absolute atomic E-state index is 12.9. The molecule has 9 saturated heterocycles. The van der Waals surface area contributed by atoms with E-state index in [1.165, 1.54) is 0 Å². The third kappa shape index (κ3) is 18.7. The van der Waals surface area contributed by atoms with Crippen LogP contribution in [0.15, 0.2) is 0 Å². The van der Waals surface area contributed by atoms with Gasteiger partial charge in [-0.15, -0.1) is 0 Å². The molecule has 9 aliphatic rings. The van der Waals surface area contributed by atoms with Crippen molar-refractivity contribution in [1.82, 2.24) is 10.6 Å². The predicted molar refractivity (Wildman–Crippen MR) is 320 cm³/mol. The van der Waals surface area contributed by atoms with Crippen LogP contribution in [0.2, 0.25) is 0 Å². The Balaban J connectivity index is 1.06. The molecule has 0 radical (unpaired) electrons. The average Bonchev–Trinajstić information content (AvgIpc) is 0.769. The second-order valence-corrected chi connectivity index (χ2v) is 26.7. The molecule has 0 aromatic carbocycles. The zero-order valence-electron chi connectivity index (χ0n) is 56.2. The molecule has 0 aromatic rings. The topological polar surface area (TPSA) is 761 Å². The summed E-state index contributed by atoms with van der Waals surface area (Å²) in [6.45, 7) is -7.77. The largest absolute Gasteiger partial charge is 0.394 e. The lowest BCUT2D eigenvalue weighted by molar-refractivity contribution is -0.401. The van der Waals surface area contributed by atoms with Crippen molar-refractivity contribution in [3.63, 3.8) is 0 Å². The number of amides is 2. The van der Waals surface area contributed by atoms with Gasteiger partial charge in [0.1, 0.15) is 220 Å². The second kappa shape index (κ2) is 37.9. The maximum Gasteiger partial charge on any atom is 0.217 e. The van der Waals surface area contributed by atoms with Gasteiger partial charge in [-0.05, 0) is 0 Å². The first-order chi connectivity index (χ1) is 50.2. The van der Waals surface area contributed by atoms with Crippen LogP contribution in [-0.2, 0) is 90.1 Å². The van der Waals surface area contributed by atoms with Gasteiger partial charge in [-0.1, -0.05) is 0 Å². The highest BCUT2D eigenvalue weighted by molar-refractivity contribution is 5.73. The summed E-state index contributed by atoms with van der Waals surface area (Å²) in [6, 6.07) is -3.56. The van der Waals surface area contributed by atoms with Gasteiger partial charge in [0.15, 0.2) is 56.6 Å². The predicted octanol–water partition coefficient (Wildman–Crippen LogP) is -20.3. The van der Waals surface area contributed by atoms with Crippen LogP contribution in [0.3, 0.4) is 0 Å². The monoisotopic (exact) mass is 1560 g/mol. The molecule has 616 valence electrons. The van der Waals surface area contributed by atoms with Gasteiger partial charge in [0.05, 0.1) is 59.5 Å². The molecule has 9 heterocycles. The molecular weight excluding hydrogens is 1460 g/mol. The van der Waals surface area contributed by atoms with Crippen LogP contribution in [0.1, 0.15) is 13.8 Å². The van der Waals surface area contributed by atoms with Crippen LogP contribution in [0.4, 0.5) is 0 Å². The molecule has 45 atom stereocenters. The lowest BCUT2D eigenvalue weighted by Gasteiger charge is -2.51. The molecular formula is C58H98N2O46. The smallest absolute Gasteiger partial charge is 0.217 e. The highest BCUT2D eigenvalue weighted by Gasteiger charge is 2.60. The van der Waals surface area contributed by atoms with Crippen molar-refractivity contribution >= 4 is 11.8 Å². The molecule has 106 heavy (non-hydrogen) atoms. The Labute approximate surface area is 598 Å². The number of ether oxygens (including phenoxy) is 17. The fourth-order valence-corrected chi connectivity index (χ4v) is 13.5. The van der Waals surface area contributed by atoms with Crippen molar-refractivity contribution in [2.75, 3.05) is 59.5 Å². The van der Waals surface area contributed by atoms with E-state index in [2.05, 4.69) is 10.6 Å². The van der Waals surface area contributed by atoms with E-state index in [1.807, 2.05) is 0 Å². The molecule has 9 aliphatic heterocycles. The molecule has 9 rings (SSSR count).